The molecular formula is C20H19N5OS2. The minimum absolute atomic E-state index is 0.526. The van der Waals surface area contributed by atoms with Crippen LogP contribution in [-0.4, -0.2) is 25.0 Å². The van der Waals surface area contributed by atoms with Gasteiger partial charge < -0.3 is 8.98 Å². The van der Waals surface area contributed by atoms with E-state index >= 15 is 0 Å². The van der Waals surface area contributed by atoms with Gasteiger partial charge in [0, 0.05) is 22.9 Å². The number of rotatable bonds is 7. The van der Waals surface area contributed by atoms with Gasteiger partial charge in [-0.1, -0.05) is 35.5 Å². The van der Waals surface area contributed by atoms with Crippen molar-refractivity contribution in [1.29, 1.82) is 0 Å². The highest BCUT2D eigenvalue weighted by Crippen LogP contribution is 2.39. The summed E-state index contributed by atoms with van der Waals surface area (Å²) in [5, 5.41) is 20.3. The summed E-state index contributed by atoms with van der Waals surface area (Å²) in [7, 11) is 0. The molecule has 1 aliphatic rings. The number of hydrogen-bond donors (Lipinski definition) is 0. The maximum absolute atomic E-state index is 5.86. The van der Waals surface area contributed by atoms with Crippen molar-refractivity contribution in [1.82, 2.24) is 25.0 Å². The lowest BCUT2D eigenvalue weighted by Crippen LogP contribution is -2.03. The third kappa shape index (κ3) is 3.74. The second-order valence-corrected chi connectivity index (χ2v) is 8.89. The Bertz CT molecular complexity index is 1080. The molecule has 1 aliphatic carbocycles. The number of thiophene rings is 1. The zero-order valence-electron chi connectivity index (χ0n) is 15.4. The molecule has 0 bridgehead atoms. The molecule has 1 aromatic carbocycles. The summed E-state index contributed by atoms with van der Waals surface area (Å²) < 4.78 is 8.15. The zero-order chi connectivity index (χ0) is 18.9. The molecule has 1 fully saturated rings. The van der Waals surface area contributed by atoms with Gasteiger partial charge in [-0.2, -0.15) is 0 Å². The molecule has 0 radical (unpaired) electrons. The predicted octanol–water partition coefficient (Wildman–Crippen LogP) is 4.92. The van der Waals surface area contributed by atoms with Gasteiger partial charge in [-0.3, -0.25) is 0 Å². The lowest BCUT2D eigenvalue weighted by atomic mass is 10.1. The van der Waals surface area contributed by atoms with Crippen molar-refractivity contribution in [3.63, 3.8) is 0 Å². The van der Waals surface area contributed by atoms with Crippen LogP contribution in [0.25, 0.3) is 11.5 Å². The highest BCUT2D eigenvalue weighted by atomic mass is 32.2. The van der Waals surface area contributed by atoms with E-state index < -0.39 is 0 Å². The third-order valence-electron chi connectivity index (χ3n) is 4.62. The average molecular weight is 410 g/mol. The van der Waals surface area contributed by atoms with Crippen molar-refractivity contribution in [2.24, 2.45) is 0 Å². The molecule has 1 saturated carbocycles. The van der Waals surface area contributed by atoms with E-state index in [1.54, 1.807) is 23.1 Å². The van der Waals surface area contributed by atoms with Gasteiger partial charge in [0.2, 0.25) is 11.8 Å². The van der Waals surface area contributed by atoms with Gasteiger partial charge in [0.05, 0.1) is 5.75 Å². The van der Waals surface area contributed by atoms with Crippen LogP contribution in [0.3, 0.4) is 0 Å². The van der Waals surface area contributed by atoms with Gasteiger partial charge >= 0.3 is 0 Å². The van der Waals surface area contributed by atoms with Crippen LogP contribution in [0.4, 0.5) is 0 Å². The molecule has 3 heterocycles. The number of nitrogens with zero attached hydrogens (tertiary/aromatic N) is 5. The van der Waals surface area contributed by atoms with E-state index in [2.05, 4.69) is 55.5 Å². The molecule has 3 aromatic heterocycles. The Balaban J connectivity index is 1.31. The lowest BCUT2D eigenvalue weighted by molar-refractivity contribution is 0.528. The Labute approximate surface area is 171 Å². The monoisotopic (exact) mass is 409 g/mol. The maximum atomic E-state index is 5.86. The van der Waals surface area contributed by atoms with E-state index in [1.807, 2.05) is 18.2 Å². The van der Waals surface area contributed by atoms with Crippen LogP contribution in [0.1, 0.15) is 41.0 Å². The van der Waals surface area contributed by atoms with E-state index in [0.717, 1.165) is 23.0 Å². The summed E-state index contributed by atoms with van der Waals surface area (Å²) in [5.41, 5.74) is 2.12. The fourth-order valence-electron chi connectivity index (χ4n) is 3.13. The van der Waals surface area contributed by atoms with Crippen LogP contribution in [0.15, 0.2) is 51.4 Å². The van der Waals surface area contributed by atoms with E-state index in [1.165, 1.54) is 23.3 Å². The molecule has 8 heteroatoms. The fourth-order valence-corrected chi connectivity index (χ4v) is 4.69. The molecule has 0 atom stereocenters. The van der Waals surface area contributed by atoms with E-state index in [0.29, 0.717) is 23.6 Å². The van der Waals surface area contributed by atoms with Crippen LogP contribution < -0.4 is 0 Å². The first-order valence-electron chi connectivity index (χ1n) is 9.24. The molecule has 4 aromatic rings. The number of thioether (sulfide) groups is 1. The number of hydrogen-bond acceptors (Lipinski definition) is 7. The van der Waals surface area contributed by atoms with E-state index in [4.69, 9.17) is 4.42 Å². The zero-order valence-corrected chi connectivity index (χ0v) is 17.0. The van der Waals surface area contributed by atoms with Crippen LogP contribution >= 0.6 is 23.1 Å². The predicted molar refractivity (Wildman–Crippen MR) is 109 cm³/mol. The highest BCUT2D eigenvalue weighted by molar-refractivity contribution is 7.98. The van der Waals surface area contributed by atoms with Gasteiger partial charge in [0.15, 0.2) is 5.16 Å². The Hall–Kier alpha value is -2.45. The third-order valence-corrected chi connectivity index (χ3v) is 6.42. The average Bonchev–Trinajstić information content (AvgIpc) is 3.11. The van der Waals surface area contributed by atoms with Crippen molar-refractivity contribution in [2.75, 3.05) is 0 Å². The standard InChI is InChI=1S/C20H19N5OS2/c1-13-4-2-5-14(10-13)19-23-22-18(26-19)12-28-20-24-21-17(25(20)15-7-8-15)11-16-6-3-9-27-16/h2-6,9-10,15H,7-8,11-12H2,1H3. The molecule has 142 valence electrons. The topological polar surface area (TPSA) is 69.6 Å². The summed E-state index contributed by atoms with van der Waals surface area (Å²) in [4.78, 5) is 1.31. The Morgan fingerprint density at radius 2 is 2.07 bits per heavy atom. The second kappa shape index (κ2) is 7.52. The molecule has 0 aliphatic heterocycles. The quantitative estimate of drug-likeness (QED) is 0.404. The molecule has 0 unspecified atom stereocenters. The molecule has 0 amide bonds. The van der Waals surface area contributed by atoms with Crippen molar-refractivity contribution in [3.8, 4) is 11.5 Å². The van der Waals surface area contributed by atoms with Crippen molar-refractivity contribution >= 4 is 23.1 Å². The molecule has 0 saturated heterocycles. The van der Waals surface area contributed by atoms with E-state index in [9.17, 15) is 0 Å². The summed E-state index contributed by atoms with van der Waals surface area (Å²) in [6.07, 6.45) is 3.22. The molecule has 0 spiro atoms. The number of aromatic nitrogens is 5. The van der Waals surface area contributed by atoms with Gasteiger partial charge in [-0.25, -0.2) is 0 Å². The summed E-state index contributed by atoms with van der Waals surface area (Å²) in [6, 6.07) is 12.8. The van der Waals surface area contributed by atoms with Crippen LogP contribution in [0.2, 0.25) is 0 Å². The minimum Gasteiger partial charge on any atom is -0.420 e. The SMILES string of the molecule is Cc1cccc(-c2nnc(CSc3nnc(Cc4cccs4)n3C3CC3)o2)c1. The summed E-state index contributed by atoms with van der Waals surface area (Å²) >= 11 is 3.37. The Morgan fingerprint density at radius 3 is 2.86 bits per heavy atom. The maximum Gasteiger partial charge on any atom is 0.247 e. The van der Waals surface area contributed by atoms with Crippen LogP contribution in [-0.2, 0) is 12.2 Å². The molecular weight excluding hydrogens is 390 g/mol. The van der Waals surface area contributed by atoms with Gasteiger partial charge in [-0.15, -0.1) is 31.7 Å². The number of benzene rings is 1. The molecule has 5 rings (SSSR count). The fraction of sp³-hybridized carbons (Fsp3) is 0.300. The van der Waals surface area contributed by atoms with E-state index in [-0.39, 0.29) is 0 Å². The Morgan fingerprint density at radius 1 is 1.14 bits per heavy atom. The van der Waals surface area contributed by atoms with Crippen LogP contribution in [0, 0.1) is 6.92 Å². The van der Waals surface area contributed by atoms with Gasteiger partial charge in [0.25, 0.3) is 0 Å². The van der Waals surface area contributed by atoms with Crippen molar-refractivity contribution < 1.29 is 4.42 Å². The van der Waals surface area contributed by atoms with Crippen molar-refractivity contribution in [3.05, 3.63) is 63.9 Å². The smallest absolute Gasteiger partial charge is 0.247 e. The largest absolute Gasteiger partial charge is 0.420 e. The molecule has 6 nitrogen and oxygen atoms in total. The lowest BCUT2D eigenvalue weighted by Gasteiger charge is -2.07. The molecule has 28 heavy (non-hydrogen) atoms. The first-order valence-corrected chi connectivity index (χ1v) is 11.1. The second-order valence-electron chi connectivity index (χ2n) is 6.92. The molecule has 0 N–H and O–H groups in total. The highest BCUT2D eigenvalue weighted by Gasteiger charge is 2.30. The summed E-state index contributed by atoms with van der Waals surface area (Å²) in [5.74, 6) is 2.79. The summed E-state index contributed by atoms with van der Waals surface area (Å²) in [6.45, 7) is 2.05. The number of aryl methyl sites for hydroxylation is 1. The normalized spacial score (nSPS) is 13.9. The van der Waals surface area contributed by atoms with Crippen molar-refractivity contribution in [2.45, 2.75) is 43.1 Å². The minimum atomic E-state index is 0.526. The van der Waals surface area contributed by atoms with Gasteiger partial charge in [-0.05, 0) is 43.3 Å². The van der Waals surface area contributed by atoms with Gasteiger partial charge in [0.1, 0.15) is 5.82 Å². The Kier molecular flexibility index (Phi) is 4.74. The first kappa shape index (κ1) is 17.6. The van der Waals surface area contributed by atoms with Crippen LogP contribution in [0.5, 0.6) is 0 Å². The first-order chi connectivity index (χ1) is 13.8.